The predicted octanol–water partition coefficient (Wildman–Crippen LogP) is 5.70. The quantitative estimate of drug-likeness (QED) is 0.755. The first kappa shape index (κ1) is 16.5. The maximum absolute atomic E-state index is 6.21. The van der Waals surface area contributed by atoms with E-state index in [-0.39, 0.29) is 5.41 Å². The van der Waals surface area contributed by atoms with E-state index in [1.165, 1.54) is 39.0 Å². The minimum atomic E-state index is -0.217. The van der Waals surface area contributed by atoms with Gasteiger partial charge in [-0.3, -0.25) is 0 Å². The van der Waals surface area contributed by atoms with E-state index in [0.29, 0.717) is 6.54 Å². The highest BCUT2D eigenvalue weighted by atomic mass is 14.6. The topological polar surface area (TPSA) is 26.0 Å². The molecule has 27 heavy (non-hydrogen) atoms. The summed E-state index contributed by atoms with van der Waals surface area (Å²) in [5, 5.41) is 0. The molecule has 0 radical (unpaired) electrons. The number of fused-ring (bicyclic) bond motifs is 3. The van der Waals surface area contributed by atoms with E-state index in [1.54, 1.807) is 0 Å². The Morgan fingerprint density at radius 2 is 1.67 bits per heavy atom. The third kappa shape index (κ3) is 2.28. The molecule has 3 aliphatic carbocycles. The highest BCUT2D eigenvalue weighted by Gasteiger charge is 2.49. The van der Waals surface area contributed by atoms with Crippen molar-refractivity contribution in [2.45, 2.75) is 31.1 Å². The zero-order valence-corrected chi connectivity index (χ0v) is 15.6. The van der Waals surface area contributed by atoms with Crippen LogP contribution in [-0.2, 0) is 5.41 Å². The van der Waals surface area contributed by atoms with Crippen molar-refractivity contribution in [3.8, 4) is 0 Å². The lowest BCUT2D eigenvalue weighted by Gasteiger charge is -2.37. The fraction of sp³-hybridized carbons (Fsp3) is 0.231. The number of rotatable bonds is 3. The number of hydrogen-bond donors (Lipinski definition) is 1. The van der Waals surface area contributed by atoms with Crippen LogP contribution in [0.25, 0.3) is 5.57 Å². The van der Waals surface area contributed by atoms with Crippen LogP contribution in [0.5, 0.6) is 0 Å². The molecule has 2 N–H and O–H groups in total. The molecule has 5 rings (SSSR count). The van der Waals surface area contributed by atoms with Crippen molar-refractivity contribution in [2.24, 2.45) is 5.73 Å². The first-order chi connectivity index (χ1) is 13.4. The Morgan fingerprint density at radius 3 is 2.44 bits per heavy atom. The molecule has 0 bridgehead atoms. The van der Waals surface area contributed by atoms with Gasteiger partial charge >= 0.3 is 0 Å². The summed E-state index contributed by atoms with van der Waals surface area (Å²) in [5.41, 5.74) is 15.8. The molecule has 3 aliphatic rings. The molecule has 1 heteroatoms. The van der Waals surface area contributed by atoms with Gasteiger partial charge in [-0.1, -0.05) is 78.9 Å². The van der Waals surface area contributed by atoms with E-state index in [9.17, 15) is 0 Å². The second-order valence-corrected chi connectivity index (χ2v) is 7.64. The van der Waals surface area contributed by atoms with Gasteiger partial charge in [-0.2, -0.15) is 0 Å². The lowest BCUT2D eigenvalue weighted by molar-refractivity contribution is 0.738. The smallest absolute Gasteiger partial charge is 0.0707 e. The summed E-state index contributed by atoms with van der Waals surface area (Å²) >= 11 is 0. The second-order valence-electron chi connectivity index (χ2n) is 7.64. The van der Waals surface area contributed by atoms with Gasteiger partial charge in [0.25, 0.3) is 0 Å². The highest BCUT2D eigenvalue weighted by Crippen LogP contribution is 2.60. The zero-order chi connectivity index (χ0) is 18.3. The van der Waals surface area contributed by atoms with E-state index >= 15 is 0 Å². The molecule has 0 fully saturated rings. The van der Waals surface area contributed by atoms with Gasteiger partial charge < -0.3 is 5.73 Å². The van der Waals surface area contributed by atoms with Gasteiger partial charge in [0, 0.05) is 6.54 Å². The first-order valence-electron chi connectivity index (χ1n) is 10.0. The Kier molecular flexibility index (Phi) is 3.98. The Balaban J connectivity index is 1.91. The Labute approximate surface area is 161 Å². The molecule has 1 nitrogen and oxygen atoms in total. The van der Waals surface area contributed by atoms with E-state index in [4.69, 9.17) is 5.73 Å². The van der Waals surface area contributed by atoms with Crippen molar-refractivity contribution in [1.82, 2.24) is 0 Å². The van der Waals surface area contributed by atoms with E-state index < -0.39 is 0 Å². The lowest BCUT2D eigenvalue weighted by atomic mass is 9.65. The molecule has 0 aliphatic heterocycles. The molecule has 0 saturated heterocycles. The maximum Gasteiger partial charge on any atom is 0.0707 e. The van der Waals surface area contributed by atoms with Crippen LogP contribution in [0, 0.1) is 0 Å². The zero-order valence-electron chi connectivity index (χ0n) is 15.6. The normalized spacial score (nSPS) is 23.6. The minimum Gasteiger partial charge on any atom is -0.327 e. The monoisotopic (exact) mass is 351 g/mol. The van der Waals surface area contributed by atoms with Crippen molar-refractivity contribution in [2.75, 3.05) is 6.54 Å². The Bertz CT molecular complexity index is 1000. The maximum atomic E-state index is 6.21. The lowest BCUT2D eigenvalue weighted by Crippen LogP contribution is -2.30. The molecule has 0 amide bonds. The molecule has 2 aromatic carbocycles. The van der Waals surface area contributed by atoms with Crippen molar-refractivity contribution in [3.63, 3.8) is 0 Å². The standard InChI is InChI=1S/C26H25N/c27-18-19-10-9-17-24-25(19)22-15-7-8-16-23(22)26(24,20-11-3-1-4-12-20)21-13-5-2-6-14-21/h1,3-5,7-8,11-17H,2,6,9-10,18,27H2. The molecule has 1 unspecified atom stereocenters. The number of benzene rings is 2. The number of allylic oxidation sites excluding steroid dienone is 7. The largest absolute Gasteiger partial charge is 0.327 e. The summed E-state index contributed by atoms with van der Waals surface area (Å²) in [6.07, 6.45) is 14.0. The van der Waals surface area contributed by atoms with Gasteiger partial charge in [0.1, 0.15) is 0 Å². The summed E-state index contributed by atoms with van der Waals surface area (Å²) in [5.74, 6) is 0. The summed E-state index contributed by atoms with van der Waals surface area (Å²) in [6, 6.07) is 20.0. The summed E-state index contributed by atoms with van der Waals surface area (Å²) in [6.45, 7) is 0.640. The molecule has 1 atom stereocenters. The van der Waals surface area contributed by atoms with Gasteiger partial charge in [0.15, 0.2) is 0 Å². The predicted molar refractivity (Wildman–Crippen MR) is 113 cm³/mol. The second kappa shape index (κ2) is 6.51. The Morgan fingerprint density at radius 1 is 0.852 bits per heavy atom. The van der Waals surface area contributed by atoms with Crippen LogP contribution < -0.4 is 5.73 Å². The molecule has 0 spiro atoms. The summed E-state index contributed by atoms with van der Waals surface area (Å²) in [7, 11) is 0. The average molecular weight is 351 g/mol. The number of nitrogens with two attached hydrogens (primary N) is 1. The van der Waals surface area contributed by atoms with Crippen molar-refractivity contribution < 1.29 is 0 Å². The van der Waals surface area contributed by atoms with E-state index in [0.717, 1.165) is 25.7 Å². The van der Waals surface area contributed by atoms with Gasteiger partial charge in [-0.15, -0.1) is 0 Å². The molecular formula is C26H25N. The van der Waals surface area contributed by atoms with Crippen molar-refractivity contribution in [1.29, 1.82) is 0 Å². The first-order valence-corrected chi connectivity index (χ1v) is 10.0. The number of hydrogen-bond acceptors (Lipinski definition) is 1. The SMILES string of the molecule is NCC1=C2C(=CCC1)C(C1=CCCC=C1)(c1ccccc1)c1ccccc12. The van der Waals surface area contributed by atoms with E-state index in [2.05, 4.69) is 78.9 Å². The van der Waals surface area contributed by atoms with Crippen LogP contribution in [0.3, 0.4) is 0 Å². The van der Waals surface area contributed by atoms with Crippen molar-refractivity contribution in [3.05, 3.63) is 112 Å². The Hall–Kier alpha value is -2.64. The van der Waals surface area contributed by atoms with Crippen LogP contribution >= 0.6 is 0 Å². The van der Waals surface area contributed by atoms with Crippen LogP contribution in [0.15, 0.2) is 95.6 Å². The fourth-order valence-corrected chi connectivity index (χ4v) is 5.23. The third-order valence-electron chi connectivity index (χ3n) is 6.30. The molecular weight excluding hydrogens is 326 g/mol. The minimum absolute atomic E-state index is 0.217. The third-order valence-corrected chi connectivity index (χ3v) is 6.30. The van der Waals surface area contributed by atoms with Crippen LogP contribution in [0.1, 0.15) is 42.4 Å². The molecule has 2 aromatic rings. The summed E-state index contributed by atoms with van der Waals surface area (Å²) in [4.78, 5) is 0. The van der Waals surface area contributed by atoms with Gasteiger partial charge in [0.05, 0.1) is 5.41 Å². The molecule has 0 heterocycles. The van der Waals surface area contributed by atoms with E-state index in [1.807, 2.05) is 0 Å². The highest BCUT2D eigenvalue weighted by molar-refractivity contribution is 5.96. The van der Waals surface area contributed by atoms with Crippen molar-refractivity contribution >= 4 is 5.57 Å². The van der Waals surface area contributed by atoms with Gasteiger partial charge in [-0.25, -0.2) is 0 Å². The summed E-state index contributed by atoms with van der Waals surface area (Å²) < 4.78 is 0. The van der Waals surface area contributed by atoms with Crippen LogP contribution in [0.4, 0.5) is 0 Å². The van der Waals surface area contributed by atoms with Gasteiger partial charge in [0.2, 0.25) is 0 Å². The molecule has 0 aromatic heterocycles. The van der Waals surface area contributed by atoms with Gasteiger partial charge in [-0.05, 0) is 64.7 Å². The van der Waals surface area contributed by atoms with Crippen LogP contribution in [0.2, 0.25) is 0 Å². The molecule has 0 saturated carbocycles. The molecule has 134 valence electrons. The fourth-order valence-electron chi connectivity index (χ4n) is 5.23. The average Bonchev–Trinajstić information content (AvgIpc) is 3.06. The van der Waals surface area contributed by atoms with Crippen LogP contribution in [-0.4, -0.2) is 6.54 Å².